The van der Waals surface area contributed by atoms with Gasteiger partial charge in [-0.3, -0.25) is 14.9 Å². The maximum Gasteiger partial charge on any atom is 0.271 e. The quantitative estimate of drug-likeness (QED) is 0.635. The molecule has 0 saturated heterocycles. The fraction of sp³-hybridized carbons (Fsp3) is 0.364. The van der Waals surface area contributed by atoms with Crippen LogP contribution >= 0.6 is 0 Å². The number of nitrogens with zero attached hydrogens (tertiary/aromatic N) is 2. The number of likely N-dealkylation sites (N-methyl/N-ethyl adjacent to an activating group) is 1. The van der Waals surface area contributed by atoms with E-state index in [0.717, 1.165) is 0 Å². The molecule has 0 spiro atoms. The highest BCUT2D eigenvalue weighted by atomic mass is 16.6. The molecule has 0 bridgehead atoms. The first-order valence-corrected chi connectivity index (χ1v) is 5.14. The van der Waals surface area contributed by atoms with Crippen LogP contribution < -0.4 is 5.32 Å². The van der Waals surface area contributed by atoms with Crippen LogP contribution in [0.25, 0.3) is 0 Å². The summed E-state index contributed by atoms with van der Waals surface area (Å²) >= 11 is 0. The van der Waals surface area contributed by atoms with Crippen LogP contribution in [0.4, 0.5) is 11.4 Å². The van der Waals surface area contributed by atoms with E-state index in [1.165, 1.54) is 17.0 Å². The first kappa shape index (κ1) is 13.0. The lowest BCUT2D eigenvalue weighted by Gasteiger charge is -2.18. The number of rotatable bonds is 4. The first-order chi connectivity index (χ1) is 7.91. The SMILES string of the molecule is CC(Nc1cccc([N+](=O)[O-])c1)C(=O)N(C)C. The Balaban J connectivity index is 2.78. The van der Waals surface area contributed by atoms with Gasteiger partial charge in [-0.1, -0.05) is 6.07 Å². The third-order valence-corrected chi connectivity index (χ3v) is 2.25. The molecule has 92 valence electrons. The van der Waals surface area contributed by atoms with Crippen LogP contribution in [-0.2, 0) is 4.79 Å². The lowest BCUT2D eigenvalue weighted by Crippen LogP contribution is -2.36. The zero-order chi connectivity index (χ0) is 13.0. The fourth-order valence-electron chi connectivity index (χ4n) is 1.41. The molecule has 0 aliphatic heterocycles. The van der Waals surface area contributed by atoms with E-state index in [2.05, 4.69) is 5.32 Å². The molecular weight excluding hydrogens is 222 g/mol. The maximum absolute atomic E-state index is 11.6. The number of nitro groups is 1. The lowest BCUT2D eigenvalue weighted by atomic mass is 10.2. The highest BCUT2D eigenvalue weighted by Gasteiger charge is 2.15. The molecule has 0 fully saturated rings. The molecule has 0 heterocycles. The summed E-state index contributed by atoms with van der Waals surface area (Å²) in [5.41, 5.74) is 0.557. The van der Waals surface area contributed by atoms with E-state index in [4.69, 9.17) is 0 Å². The molecule has 1 N–H and O–H groups in total. The van der Waals surface area contributed by atoms with Crippen LogP contribution in [-0.4, -0.2) is 35.9 Å². The molecular formula is C11H15N3O3. The maximum atomic E-state index is 11.6. The Morgan fingerprint density at radius 1 is 1.47 bits per heavy atom. The van der Waals surface area contributed by atoms with Crippen molar-refractivity contribution < 1.29 is 9.72 Å². The van der Waals surface area contributed by atoms with Gasteiger partial charge in [0, 0.05) is 31.9 Å². The van der Waals surface area contributed by atoms with Gasteiger partial charge in [-0.05, 0) is 13.0 Å². The van der Waals surface area contributed by atoms with E-state index in [1.54, 1.807) is 33.2 Å². The standard InChI is InChI=1S/C11H15N3O3/c1-8(11(15)13(2)3)12-9-5-4-6-10(7-9)14(16)17/h4-8,12H,1-3H3. The van der Waals surface area contributed by atoms with Crippen LogP contribution in [0.3, 0.4) is 0 Å². The molecule has 0 aliphatic rings. The molecule has 1 atom stereocenters. The van der Waals surface area contributed by atoms with Crippen LogP contribution in [0.5, 0.6) is 0 Å². The number of carbonyl (C=O) groups is 1. The van der Waals surface area contributed by atoms with Gasteiger partial charge in [0.1, 0.15) is 6.04 Å². The molecule has 6 nitrogen and oxygen atoms in total. The van der Waals surface area contributed by atoms with Crippen molar-refractivity contribution in [1.29, 1.82) is 0 Å². The van der Waals surface area contributed by atoms with Crippen molar-refractivity contribution >= 4 is 17.3 Å². The minimum atomic E-state index is -0.469. The van der Waals surface area contributed by atoms with Gasteiger partial charge in [-0.2, -0.15) is 0 Å². The average molecular weight is 237 g/mol. The smallest absolute Gasteiger partial charge is 0.271 e. The number of carbonyl (C=O) groups excluding carboxylic acids is 1. The second-order valence-electron chi connectivity index (χ2n) is 3.91. The van der Waals surface area contributed by atoms with Crippen molar-refractivity contribution in [2.24, 2.45) is 0 Å². The van der Waals surface area contributed by atoms with E-state index in [0.29, 0.717) is 5.69 Å². The number of nitrogens with one attached hydrogen (secondary N) is 1. The molecule has 1 amide bonds. The Bertz CT molecular complexity index is 432. The predicted octanol–water partition coefficient (Wildman–Crippen LogP) is 1.48. The van der Waals surface area contributed by atoms with Crippen LogP contribution in [0.2, 0.25) is 0 Å². The predicted molar refractivity (Wildman–Crippen MR) is 64.9 cm³/mol. The molecule has 1 aromatic carbocycles. The third kappa shape index (κ3) is 3.44. The van der Waals surface area contributed by atoms with Crippen molar-refractivity contribution in [2.75, 3.05) is 19.4 Å². The summed E-state index contributed by atoms with van der Waals surface area (Å²) in [7, 11) is 3.32. The molecule has 1 aromatic rings. The molecule has 0 radical (unpaired) electrons. The Morgan fingerprint density at radius 3 is 2.65 bits per heavy atom. The van der Waals surface area contributed by atoms with Crippen LogP contribution in [0.15, 0.2) is 24.3 Å². The molecule has 17 heavy (non-hydrogen) atoms. The van der Waals surface area contributed by atoms with Crippen molar-refractivity contribution in [1.82, 2.24) is 4.90 Å². The number of nitro benzene ring substituents is 1. The highest BCUT2D eigenvalue weighted by molar-refractivity contribution is 5.83. The summed E-state index contributed by atoms with van der Waals surface area (Å²) in [4.78, 5) is 23.2. The second kappa shape index (κ2) is 5.29. The van der Waals surface area contributed by atoms with Gasteiger partial charge in [-0.25, -0.2) is 0 Å². The number of benzene rings is 1. The second-order valence-corrected chi connectivity index (χ2v) is 3.91. The number of amides is 1. The molecule has 0 aliphatic carbocycles. The van der Waals surface area contributed by atoms with Gasteiger partial charge in [0.2, 0.25) is 5.91 Å². The van der Waals surface area contributed by atoms with E-state index in [1.807, 2.05) is 0 Å². The van der Waals surface area contributed by atoms with Crippen molar-refractivity contribution in [2.45, 2.75) is 13.0 Å². The molecule has 1 rings (SSSR count). The zero-order valence-corrected chi connectivity index (χ0v) is 10.0. The topological polar surface area (TPSA) is 75.5 Å². The van der Waals surface area contributed by atoms with Gasteiger partial charge in [-0.15, -0.1) is 0 Å². The summed E-state index contributed by atoms with van der Waals surface area (Å²) in [6.45, 7) is 1.71. The number of non-ortho nitro benzene ring substituents is 1. The third-order valence-electron chi connectivity index (χ3n) is 2.25. The minimum absolute atomic E-state index is 0.000461. The molecule has 1 unspecified atom stereocenters. The van der Waals surface area contributed by atoms with Gasteiger partial charge in [0.15, 0.2) is 0 Å². The van der Waals surface area contributed by atoms with Gasteiger partial charge < -0.3 is 10.2 Å². The van der Waals surface area contributed by atoms with E-state index in [-0.39, 0.29) is 11.6 Å². The summed E-state index contributed by atoms with van der Waals surface area (Å²) in [5.74, 6) is -0.0866. The number of hydrogen-bond acceptors (Lipinski definition) is 4. The van der Waals surface area contributed by atoms with Crippen molar-refractivity contribution in [3.8, 4) is 0 Å². The summed E-state index contributed by atoms with van der Waals surface area (Å²) in [6, 6.07) is 5.65. The normalized spacial score (nSPS) is 11.7. The van der Waals surface area contributed by atoms with E-state index < -0.39 is 11.0 Å². The Kier molecular flexibility index (Phi) is 4.03. The van der Waals surface area contributed by atoms with Crippen molar-refractivity contribution in [3.63, 3.8) is 0 Å². The zero-order valence-electron chi connectivity index (χ0n) is 10.0. The average Bonchev–Trinajstić information content (AvgIpc) is 2.28. The number of hydrogen-bond donors (Lipinski definition) is 1. The summed E-state index contributed by atoms with van der Waals surface area (Å²) in [5, 5.41) is 13.5. The summed E-state index contributed by atoms with van der Waals surface area (Å²) < 4.78 is 0. The largest absolute Gasteiger partial charge is 0.374 e. The van der Waals surface area contributed by atoms with Gasteiger partial charge in [0.05, 0.1) is 4.92 Å². The molecule has 0 aromatic heterocycles. The molecule has 0 saturated carbocycles. The fourth-order valence-corrected chi connectivity index (χ4v) is 1.41. The first-order valence-electron chi connectivity index (χ1n) is 5.14. The van der Waals surface area contributed by atoms with Crippen LogP contribution in [0.1, 0.15) is 6.92 Å². The van der Waals surface area contributed by atoms with E-state index >= 15 is 0 Å². The monoisotopic (exact) mass is 237 g/mol. The lowest BCUT2D eigenvalue weighted by molar-refractivity contribution is -0.384. The van der Waals surface area contributed by atoms with Gasteiger partial charge in [0.25, 0.3) is 5.69 Å². The van der Waals surface area contributed by atoms with Gasteiger partial charge >= 0.3 is 0 Å². The minimum Gasteiger partial charge on any atom is -0.374 e. The molecule has 6 heteroatoms. The Hall–Kier alpha value is -2.11. The Labute approximate surface area is 99.4 Å². The van der Waals surface area contributed by atoms with E-state index in [9.17, 15) is 14.9 Å². The summed E-state index contributed by atoms with van der Waals surface area (Å²) in [6.07, 6.45) is 0. The highest BCUT2D eigenvalue weighted by Crippen LogP contribution is 2.17. The van der Waals surface area contributed by atoms with Crippen LogP contribution in [0, 0.1) is 10.1 Å². The number of anilines is 1. The van der Waals surface area contributed by atoms with Crippen molar-refractivity contribution in [3.05, 3.63) is 34.4 Å². The Morgan fingerprint density at radius 2 is 2.12 bits per heavy atom.